The minimum atomic E-state index is 0.00946. The van der Waals surface area contributed by atoms with E-state index in [1.807, 2.05) is 13.0 Å². The lowest BCUT2D eigenvalue weighted by atomic mass is 10.2. The molecule has 0 atom stereocenters. The molecule has 0 unspecified atom stereocenters. The molecule has 0 N–H and O–H groups in total. The van der Waals surface area contributed by atoms with Crippen LogP contribution in [0.3, 0.4) is 0 Å². The molecule has 2 aromatic heterocycles. The summed E-state index contributed by atoms with van der Waals surface area (Å²) in [5, 5.41) is 4.18. The van der Waals surface area contributed by atoms with E-state index >= 15 is 0 Å². The lowest BCUT2D eigenvalue weighted by molar-refractivity contribution is 0.101. The normalized spacial score (nSPS) is 10.3. The molecule has 17 heavy (non-hydrogen) atoms. The van der Waals surface area contributed by atoms with Crippen molar-refractivity contribution in [3.8, 4) is 11.6 Å². The van der Waals surface area contributed by atoms with Crippen molar-refractivity contribution in [2.24, 2.45) is 0 Å². The number of hydrogen-bond donors (Lipinski definition) is 0. The Bertz CT molecular complexity index is 543. The molecule has 0 spiro atoms. The van der Waals surface area contributed by atoms with Gasteiger partial charge in [0.05, 0.1) is 36.4 Å². The van der Waals surface area contributed by atoms with E-state index in [2.05, 4.69) is 10.1 Å². The minimum Gasteiger partial charge on any atom is -0.481 e. The van der Waals surface area contributed by atoms with Crippen LogP contribution in [0.2, 0.25) is 0 Å². The summed E-state index contributed by atoms with van der Waals surface area (Å²) in [5.41, 5.74) is 2.24. The van der Waals surface area contributed by atoms with Crippen LogP contribution < -0.4 is 4.74 Å². The third-order valence-electron chi connectivity index (χ3n) is 2.56. The van der Waals surface area contributed by atoms with E-state index < -0.39 is 0 Å². The predicted octanol–water partition coefficient (Wildman–Crippen LogP) is 1.79. The fourth-order valence-electron chi connectivity index (χ4n) is 1.63. The number of nitrogens with zero attached hydrogens (tertiary/aromatic N) is 3. The van der Waals surface area contributed by atoms with Gasteiger partial charge in [-0.05, 0) is 19.9 Å². The van der Waals surface area contributed by atoms with Crippen LogP contribution in [0.1, 0.15) is 23.0 Å². The summed E-state index contributed by atoms with van der Waals surface area (Å²) in [4.78, 5) is 15.4. The Morgan fingerprint density at radius 2 is 2.12 bits per heavy atom. The molecule has 0 aliphatic heterocycles. The van der Waals surface area contributed by atoms with Gasteiger partial charge in [-0.3, -0.25) is 4.79 Å². The van der Waals surface area contributed by atoms with Crippen molar-refractivity contribution in [2.45, 2.75) is 13.8 Å². The number of ketones is 1. The van der Waals surface area contributed by atoms with E-state index in [1.165, 1.54) is 6.92 Å². The van der Waals surface area contributed by atoms with Crippen LogP contribution in [0.5, 0.6) is 5.88 Å². The van der Waals surface area contributed by atoms with Crippen LogP contribution in [0, 0.1) is 6.92 Å². The van der Waals surface area contributed by atoms with E-state index in [0.29, 0.717) is 11.4 Å². The monoisotopic (exact) mass is 231 g/mol. The number of ether oxygens (including phenoxy) is 1. The fourth-order valence-corrected chi connectivity index (χ4v) is 1.63. The molecule has 2 aromatic rings. The average Bonchev–Trinajstić information content (AvgIpc) is 2.71. The standard InChI is InChI=1S/C12H13N3O2/c1-8-11(9(2)16)7-14-15(8)10-4-5-12(17-3)13-6-10/h4-7H,1-3H3. The van der Waals surface area contributed by atoms with Crippen molar-refractivity contribution in [1.29, 1.82) is 0 Å². The second-order valence-corrected chi connectivity index (χ2v) is 3.67. The van der Waals surface area contributed by atoms with Gasteiger partial charge < -0.3 is 4.74 Å². The molecule has 0 aliphatic carbocycles. The highest BCUT2D eigenvalue weighted by atomic mass is 16.5. The van der Waals surface area contributed by atoms with Crippen molar-refractivity contribution in [2.75, 3.05) is 7.11 Å². The van der Waals surface area contributed by atoms with E-state index in [9.17, 15) is 4.79 Å². The maximum absolute atomic E-state index is 11.3. The summed E-state index contributed by atoms with van der Waals surface area (Å²) in [5.74, 6) is 0.556. The predicted molar refractivity (Wildman–Crippen MR) is 62.7 cm³/mol. The van der Waals surface area contributed by atoms with Crippen molar-refractivity contribution in [3.63, 3.8) is 0 Å². The molecule has 0 fully saturated rings. The van der Waals surface area contributed by atoms with Crippen LogP contribution in [-0.2, 0) is 0 Å². The molecule has 2 heterocycles. The Balaban J connectivity index is 2.42. The van der Waals surface area contributed by atoms with Crippen molar-refractivity contribution < 1.29 is 9.53 Å². The maximum atomic E-state index is 11.3. The van der Waals surface area contributed by atoms with Crippen LogP contribution >= 0.6 is 0 Å². The second kappa shape index (κ2) is 4.37. The SMILES string of the molecule is COc1ccc(-n2ncc(C(C)=O)c2C)cn1. The number of carbonyl (C=O) groups is 1. The average molecular weight is 231 g/mol. The van der Waals surface area contributed by atoms with Gasteiger partial charge in [0, 0.05) is 6.07 Å². The molecular formula is C12H13N3O2. The largest absolute Gasteiger partial charge is 0.481 e. The molecule has 0 aromatic carbocycles. The summed E-state index contributed by atoms with van der Waals surface area (Å²) in [6.07, 6.45) is 3.23. The van der Waals surface area contributed by atoms with Gasteiger partial charge in [-0.2, -0.15) is 5.10 Å². The first-order valence-corrected chi connectivity index (χ1v) is 5.19. The molecular weight excluding hydrogens is 218 g/mol. The van der Waals surface area contributed by atoms with Crippen LogP contribution in [-0.4, -0.2) is 27.7 Å². The molecule has 5 heteroatoms. The Hall–Kier alpha value is -2.17. The van der Waals surface area contributed by atoms with Gasteiger partial charge in [0.15, 0.2) is 5.78 Å². The first-order valence-electron chi connectivity index (χ1n) is 5.19. The number of rotatable bonds is 3. The van der Waals surface area contributed by atoms with Gasteiger partial charge in [0.1, 0.15) is 0 Å². The maximum Gasteiger partial charge on any atom is 0.213 e. The third kappa shape index (κ3) is 2.04. The molecule has 0 aliphatic rings. The number of Topliss-reactive ketones (excluding diaryl/α,β-unsaturated/α-hetero) is 1. The Morgan fingerprint density at radius 3 is 2.59 bits per heavy atom. The van der Waals surface area contributed by atoms with Gasteiger partial charge >= 0.3 is 0 Å². The molecule has 88 valence electrons. The van der Waals surface area contributed by atoms with Gasteiger partial charge in [0.25, 0.3) is 0 Å². The zero-order chi connectivity index (χ0) is 12.4. The number of carbonyl (C=O) groups excluding carboxylic acids is 1. The molecule has 2 rings (SSSR count). The third-order valence-corrected chi connectivity index (χ3v) is 2.56. The van der Waals surface area contributed by atoms with Gasteiger partial charge in [0.2, 0.25) is 5.88 Å². The van der Waals surface area contributed by atoms with Crippen molar-refractivity contribution in [3.05, 3.63) is 35.8 Å². The second-order valence-electron chi connectivity index (χ2n) is 3.67. The van der Waals surface area contributed by atoms with Gasteiger partial charge in [-0.25, -0.2) is 9.67 Å². The molecule has 0 saturated heterocycles. The summed E-state index contributed by atoms with van der Waals surface area (Å²) >= 11 is 0. The lowest BCUT2D eigenvalue weighted by Crippen LogP contribution is -2.01. The van der Waals surface area contributed by atoms with Crippen LogP contribution in [0.15, 0.2) is 24.5 Å². The van der Waals surface area contributed by atoms with Gasteiger partial charge in [-0.15, -0.1) is 0 Å². The summed E-state index contributed by atoms with van der Waals surface area (Å²) in [6.45, 7) is 3.38. The highest BCUT2D eigenvalue weighted by Gasteiger charge is 2.11. The summed E-state index contributed by atoms with van der Waals surface area (Å²) in [6, 6.07) is 3.60. The number of hydrogen-bond acceptors (Lipinski definition) is 4. The highest BCUT2D eigenvalue weighted by Crippen LogP contribution is 2.15. The molecule has 0 saturated carbocycles. The molecule has 0 radical (unpaired) electrons. The number of pyridine rings is 1. The van der Waals surface area contributed by atoms with Crippen LogP contribution in [0.25, 0.3) is 5.69 Å². The van der Waals surface area contributed by atoms with Gasteiger partial charge in [-0.1, -0.05) is 0 Å². The summed E-state index contributed by atoms with van der Waals surface area (Å²) < 4.78 is 6.67. The first kappa shape index (κ1) is 11.3. The number of aromatic nitrogens is 3. The Labute approximate surface area is 99.1 Å². The minimum absolute atomic E-state index is 0.00946. The first-order chi connectivity index (χ1) is 8.13. The lowest BCUT2D eigenvalue weighted by Gasteiger charge is -2.05. The Morgan fingerprint density at radius 1 is 1.35 bits per heavy atom. The van der Waals surface area contributed by atoms with E-state index in [4.69, 9.17) is 4.74 Å². The van der Waals surface area contributed by atoms with E-state index in [-0.39, 0.29) is 5.78 Å². The zero-order valence-electron chi connectivity index (χ0n) is 9.97. The smallest absolute Gasteiger partial charge is 0.213 e. The zero-order valence-corrected chi connectivity index (χ0v) is 9.97. The van der Waals surface area contributed by atoms with E-state index in [1.54, 1.807) is 30.3 Å². The van der Waals surface area contributed by atoms with Crippen molar-refractivity contribution >= 4 is 5.78 Å². The molecule has 5 nitrogen and oxygen atoms in total. The topological polar surface area (TPSA) is 57.0 Å². The van der Waals surface area contributed by atoms with E-state index in [0.717, 1.165) is 11.4 Å². The van der Waals surface area contributed by atoms with Crippen LogP contribution in [0.4, 0.5) is 0 Å². The summed E-state index contributed by atoms with van der Waals surface area (Å²) in [7, 11) is 1.56. The van der Waals surface area contributed by atoms with Crippen molar-refractivity contribution in [1.82, 2.24) is 14.8 Å². The number of methoxy groups -OCH3 is 1. The Kier molecular flexibility index (Phi) is 2.91. The molecule has 0 bridgehead atoms. The molecule has 0 amide bonds. The highest BCUT2D eigenvalue weighted by molar-refractivity contribution is 5.95. The fraction of sp³-hybridized carbons (Fsp3) is 0.250. The quantitative estimate of drug-likeness (QED) is 0.755.